The smallest absolute Gasteiger partial charge is 0.250 e. The monoisotopic (exact) mass is 437 g/mol. The molecule has 4 nitrogen and oxygen atoms in total. The molecule has 1 aromatic heterocycles. The van der Waals surface area contributed by atoms with Gasteiger partial charge in [0.2, 0.25) is 0 Å². The Bertz CT molecular complexity index is 987. The average Bonchev–Trinajstić information content (AvgIpc) is 3.14. The van der Waals surface area contributed by atoms with E-state index in [0.717, 1.165) is 47.0 Å². The molecule has 0 unspecified atom stereocenters. The van der Waals surface area contributed by atoms with Crippen molar-refractivity contribution < 1.29 is 4.43 Å². The molecule has 0 spiro atoms. The first-order chi connectivity index (χ1) is 14.5. The van der Waals surface area contributed by atoms with Gasteiger partial charge in [0.05, 0.1) is 0 Å². The Morgan fingerprint density at radius 1 is 0.839 bits per heavy atom. The molecule has 0 aliphatic heterocycles. The van der Waals surface area contributed by atoms with Crippen LogP contribution in [0.3, 0.4) is 0 Å². The number of fused-ring (bicyclic) bond motifs is 1. The Labute approximate surface area is 189 Å². The molecule has 168 valence electrons. The fourth-order valence-corrected chi connectivity index (χ4v) is 7.35. The molecule has 0 aliphatic rings. The summed E-state index contributed by atoms with van der Waals surface area (Å²) >= 11 is 0. The first-order valence-corrected chi connectivity index (χ1v) is 14.2. The molecule has 31 heavy (non-hydrogen) atoms. The van der Waals surface area contributed by atoms with Crippen LogP contribution in [0.25, 0.3) is 16.7 Å². The molecule has 3 rings (SSSR count). The number of benzene rings is 2. The Morgan fingerprint density at radius 2 is 1.39 bits per heavy atom. The van der Waals surface area contributed by atoms with Crippen molar-refractivity contribution in [2.45, 2.75) is 85.4 Å². The van der Waals surface area contributed by atoms with Crippen LogP contribution in [0.2, 0.25) is 18.1 Å². The van der Waals surface area contributed by atoms with Crippen LogP contribution < -0.4 is 4.43 Å². The Morgan fingerprint density at radius 3 is 1.87 bits per heavy atom. The number of nitrogens with zero attached hydrogens (tertiary/aromatic N) is 3. The van der Waals surface area contributed by atoms with Gasteiger partial charge >= 0.3 is 0 Å². The summed E-state index contributed by atoms with van der Waals surface area (Å²) in [7, 11) is -1.83. The molecule has 0 amide bonds. The SMILES string of the molecule is CC[Si](CC)(CC)Oc1ccc(C(C)(C)CC(C)(C)C)cc1-n1nc2ccccc2n1. The van der Waals surface area contributed by atoms with Crippen molar-refractivity contribution in [1.82, 2.24) is 15.0 Å². The van der Waals surface area contributed by atoms with Gasteiger partial charge in [-0.1, -0.05) is 73.6 Å². The molecule has 5 heteroatoms. The van der Waals surface area contributed by atoms with Crippen molar-refractivity contribution in [1.29, 1.82) is 0 Å². The lowest BCUT2D eigenvalue weighted by Gasteiger charge is -2.34. The van der Waals surface area contributed by atoms with Crippen LogP contribution in [0.4, 0.5) is 0 Å². The summed E-state index contributed by atoms with van der Waals surface area (Å²) in [5.41, 5.74) is 4.32. The minimum Gasteiger partial charge on any atom is -0.542 e. The molecule has 1 heterocycles. The Hall–Kier alpha value is -2.14. The average molecular weight is 438 g/mol. The summed E-state index contributed by atoms with van der Waals surface area (Å²) in [5.74, 6) is 0.910. The van der Waals surface area contributed by atoms with E-state index < -0.39 is 8.32 Å². The zero-order valence-electron chi connectivity index (χ0n) is 20.6. The normalized spacial score (nSPS) is 13.0. The van der Waals surface area contributed by atoms with Crippen molar-refractivity contribution in [3.05, 3.63) is 48.0 Å². The van der Waals surface area contributed by atoms with E-state index in [-0.39, 0.29) is 10.8 Å². The molecule has 0 aliphatic carbocycles. The summed E-state index contributed by atoms with van der Waals surface area (Å²) in [6.45, 7) is 18.4. The standard InChI is InChI=1S/C26H39N3OSi/c1-9-31(10-2,11-3)30-24-17-16-20(26(7,8)19-25(4,5)6)18-23(24)29-27-21-14-12-13-15-22(21)28-29/h12-18H,9-11,19H2,1-8H3. The zero-order chi connectivity index (χ0) is 22.9. The van der Waals surface area contributed by atoms with Gasteiger partial charge in [-0.25, -0.2) is 0 Å². The maximum Gasteiger partial charge on any atom is 0.250 e. The molecule has 0 radical (unpaired) electrons. The lowest BCUT2D eigenvalue weighted by molar-refractivity contribution is 0.284. The zero-order valence-corrected chi connectivity index (χ0v) is 21.6. The highest BCUT2D eigenvalue weighted by atomic mass is 28.4. The lowest BCUT2D eigenvalue weighted by Crippen LogP contribution is -2.39. The number of rotatable bonds is 8. The topological polar surface area (TPSA) is 39.9 Å². The van der Waals surface area contributed by atoms with Gasteiger partial charge in [-0.15, -0.1) is 15.0 Å². The van der Waals surface area contributed by atoms with Crippen LogP contribution in [-0.2, 0) is 5.41 Å². The molecule has 0 atom stereocenters. The second kappa shape index (κ2) is 8.77. The minimum absolute atomic E-state index is 0.0346. The summed E-state index contributed by atoms with van der Waals surface area (Å²) in [5, 5.41) is 9.58. The van der Waals surface area contributed by atoms with Gasteiger partial charge in [0, 0.05) is 0 Å². The van der Waals surface area contributed by atoms with Crippen molar-refractivity contribution in [3.8, 4) is 11.4 Å². The molecule has 0 saturated heterocycles. The van der Waals surface area contributed by atoms with Crippen molar-refractivity contribution in [3.63, 3.8) is 0 Å². The van der Waals surface area contributed by atoms with Crippen LogP contribution in [0, 0.1) is 5.41 Å². The summed E-state index contributed by atoms with van der Waals surface area (Å²) in [6, 6.07) is 18.0. The van der Waals surface area contributed by atoms with E-state index >= 15 is 0 Å². The highest BCUT2D eigenvalue weighted by Gasteiger charge is 2.33. The van der Waals surface area contributed by atoms with Crippen LogP contribution in [0.1, 0.15) is 67.4 Å². The van der Waals surface area contributed by atoms with Gasteiger partial charge in [0.15, 0.2) is 0 Å². The number of hydrogen-bond acceptors (Lipinski definition) is 3. The predicted octanol–water partition coefficient (Wildman–Crippen LogP) is 7.52. The van der Waals surface area contributed by atoms with Crippen molar-refractivity contribution in [2.75, 3.05) is 0 Å². The fourth-order valence-electron chi connectivity index (χ4n) is 4.78. The highest BCUT2D eigenvalue weighted by molar-refractivity contribution is 6.74. The molecule has 0 N–H and O–H groups in total. The summed E-state index contributed by atoms with van der Waals surface area (Å²) < 4.78 is 6.84. The van der Waals surface area contributed by atoms with Crippen LogP contribution in [0.15, 0.2) is 42.5 Å². The molecule has 0 fully saturated rings. The molecular weight excluding hydrogens is 398 g/mol. The summed E-state index contributed by atoms with van der Waals surface area (Å²) in [4.78, 5) is 1.77. The second-order valence-corrected chi connectivity index (χ2v) is 15.3. The highest BCUT2D eigenvalue weighted by Crippen LogP contribution is 2.39. The predicted molar refractivity (Wildman–Crippen MR) is 134 cm³/mol. The first kappa shape index (κ1) is 23.5. The lowest BCUT2D eigenvalue weighted by atomic mass is 9.72. The maximum atomic E-state index is 6.84. The Kier molecular flexibility index (Phi) is 6.66. The van der Waals surface area contributed by atoms with Gasteiger partial charge in [0.1, 0.15) is 22.5 Å². The third kappa shape index (κ3) is 5.20. The molecule has 2 aromatic carbocycles. The largest absolute Gasteiger partial charge is 0.542 e. The second-order valence-electron chi connectivity index (χ2n) is 10.6. The van der Waals surface area contributed by atoms with Crippen molar-refractivity contribution >= 4 is 19.4 Å². The molecule has 0 bridgehead atoms. The van der Waals surface area contributed by atoms with Crippen LogP contribution in [-0.4, -0.2) is 23.3 Å². The van der Waals surface area contributed by atoms with Gasteiger partial charge in [-0.2, -0.15) is 0 Å². The third-order valence-corrected chi connectivity index (χ3v) is 11.0. The first-order valence-electron chi connectivity index (χ1n) is 11.7. The fraction of sp³-hybridized carbons (Fsp3) is 0.538. The molecular formula is C26H39N3OSi. The van der Waals surface area contributed by atoms with Gasteiger partial charge < -0.3 is 4.43 Å². The van der Waals surface area contributed by atoms with Crippen molar-refractivity contribution in [2.24, 2.45) is 5.41 Å². The number of aromatic nitrogens is 3. The Balaban J connectivity index is 2.15. The number of hydrogen-bond donors (Lipinski definition) is 0. The van der Waals surface area contributed by atoms with Gasteiger partial charge in [-0.05, 0) is 65.2 Å². The third-order valence-electron chi connectivity index (χ3n) is 6.47. The minimum atomic E-state index is -1.83. The van der Waals surface area contributed by atoms with Gasteiger partial charge in [0.25, 0.3) is 8.32 Å². The van der Waals surface area contributed by atoms with Crippen LogP contribution >= 0.6 is 0 Å². The van der Waals surface area contributed by atoms with E-state index in [1.807, 2.05) is 24.3 Å². The van der Waals surface area contributed by atoms with E-state index in [0.29, 0.717) is 0 Å². The van der Waals surface area contributed by atoms with E-state index in [4.69, 9.17) is 14.6 Å². The molecule has 0 saturated carbocycles. The van der Waals surface area contributed by atoms with E-state index in [1.54, 1.807) is 4.80 Å². The van der Waals surface area contributed by atoms with E-state index in [9.17, 15) is 0 Å². The van der Waals surface area contributed by atoms with Crippen LogP contribution in [0.5, 0.6) is 5.75 Å². The molecule has 3 aromatic rings. The van der Waals surface area contributed by atoms with Gasteiger partial charge in [-0.3, -0.25) is 0 Å². The quantitative estimate of drug-likeness (QED) is 0.342. The van der Waals surface area contributed by atoms with E-state index in [2.05, 4.69) is 73.6 Å². The van der Waals surface area contributed by atoms with E-state index in [1.165, 1.54) is 5.56 Å². The maximum absolute atomic E-state index is 6.84. The summed E-state index contributed by atoms with van der Waals surface area (Å²) in [6.07, 6.45) is 1.09.